The van der Waals surface area contributed by atoms with E-state index in [-0.39, 0.29) is 24.9 Å². The maximum absolute atomic E-state index is 11.7. The van der Waals surface area contributed by atoms with E-state index in [0.717, 1.165) is 0 Å². The number of carbonyl (C=O) groups excluding carboxylic acids is 1. The molecule has 2 N–H and O–H groups in total. The van der Waals surface area contributed by atoms with Crippen LogP contribution in [0.2, 0.25) is 0 Å². The Morgan fingerprint density at radius 3 is 2.75 bits per heavy atom. The van der Waals surface area contributed by atoms with Crippen molar-refractivity contribution in [3.8, 4) is 0 Å². The third kappa shape index (κ3) is 3.12. The SMILES string of the molecule is CC(C)n1cccc1C(=O)NCCC(=O)O. The van der Waals surface area contributed by atoms with Gasteiger partial charge in [-0.2, -0.15) is 0 Å². The molecule has 1 aromatic heterocycles. The molecule has 0 bridgehead atoms. The molecule has 0 aliphatic carbocycles. The van der Waals surface area contributed by atoms with E-state index >= 15 is 0 Å². The van der Waals surface area contributed by atoms with Crippen LogP contribution in [0.1, 0.15) is 36.8 Å². The summed E-state index contributed by atoms with van der Waals surface area (Å²) >= 11 is 0. The van der Waals surface area contributed by atoms with Gasteiger partial charge in [-0.05, 0) is 26.0 Å². The molecule has 0 atom stereocenters. The summed E-state index contributed by atoms with van der Waals surface area (Å²) in [4.78, 5) is 22.0. The highest BCUT2D eigenvalue weighted by Crippen LogP contribution is 2.10. The molecule has 0 spiro atoms. The van der Waals surface area contributed by atoms with E-state index in [4.69, 9.17) is 5.11 Å². The van der Waals surface area contributed by atoms with Crippen molar-refractivity contribution < 1.29 is 14.7 Å². The van der Waals surface area contributed by atoms with Crippen molar-refractivity contribution in [2.75, 3.05) is 6.54 Å². The van der Waals surface area contributed by atoms with Crippen molar-refractivity contribution in [1.29, 1.82) is 0 Å². The quantitative estimate of drug-likeness (QED) is 0.791. The van der Waals surface area contributed by atoms with E-state index in [2.05, 4.69) is 5.32 Å². The fraction of sp³-hybridized carbons (Fsp3) is 0.455. The lowest BCUT2D eigenvalue weighted by atomic mass is 10.3. The highest BCUT2D eigenvalue weighted by Gasteiger charge is 2.12. The Morgan fingerprint density at radius 1 is 1.50 bits per heavy atom. The summed E-state index contributed by atoms with van der Waals surface area (Å²) in [6.45, 7) is 4.11. The minimum atomic E-state index is -0.917. The first-order valence-electron chi connectivity index (χ1n) is 5.19. The van der Waals surface area contributed by atoms with Gasteiger partial charge in [0.1, 0.15) is 5.69 Å². The molecule has 0 unspecified atom stereocenters. The van der Waals surface area contributed by atoms with Gasteiger partial charge in [0.2, 0.25) is 0 Å². The summed E-state index contributed by atoms with van der Waals surface area (Å²) in [5.74, 6) is -1.15. The number of aliphatic carboxylic acids is 1. The van der Waals surface area contributed by atoms with Crippen LogP contribution in [-0.2, 0) is 4.79 Å². The van der Waals surface area contributed by atoms with Gasteiger partial charge in [0.05, 0.1) is 6.42 Å². The Balaban J connectivity index is 2.59. The molecular formula is C11H16N2O3. The molecule has 5 heteroatoms. The monoisotopic (exact) mass is 224 g/mol. The maximum atomic E-state index is 11.7. The van der Waals surface area contributed by atoms with Gasteiger partial charge in [-0.25, -0.2) is 0 Å². The number of carboxylic acid groups (broad SMARTS) is 1. The van der Waals surface area contributed by atoms with E-state index in [1.807, 2.05) is 24.6 Å². The van der Waals surface area contributed by atoms with Gasteiger partial charge in [-0.15, -0.1) is 0 Å². The number of hydrogen-bond donors (Lipinski definition) is 2. The molecule has 0 aliphatic rings. The van der Waals surface area contributed by atoms with Gasteiger partial charge in [0.15, 0.2) is 0 Å². The van der Waals surface area contributed by atoms with E-state index in [9.17, 15) is 9.59 Å². The molecular weight excluding hydrogens is 208 g/mol. The summed E-state index contributed by atoms with van der Waals surface area (Å²) in [6.07, 6.45) is 1.77. The molecule has 1 amide bonds. The predicted molar refractivity (Wildman–Crippen MR) is 59.4 cm³/mol. The van der Waals surface area contributed by atoms with E-state index in [1.54, 1.807) is 12.1 Å². The van der Waals surface area contributed by atoms with Crippen molar-refractivity contribution in [2.45, 2.75) is 26.3 Å². The Labute approximate surface area is 94.1 Å². The first kappa shape index (κ1) is 12.3. The van der Waals surface area contributed by atoms with Crippen LogP contribution in [0, 0.1) is 0 Å². The van der Waals surface area contributed by atoms with Crippen LogP contribution in [0.15, 0.2) is 18.3 Å². The average Bonchev–Trinajstić information content (AvgIpc) is 2.65. The Kier molecular flexibility index (Phi) is 4.10. The van der Waals surface area contributed by atoms with Crippen LogP contribution < -0.4 is 5.32 Å². The minimum Gasteiger partial charge on any atom is -0.481 e. The molecule has 5 nitrogen and oxygen atoms in total. The van der Waals surface area contributed by atoms with Crippen molar-refractivity contribution in [2.24, 2.45) is 0 Å². The van der Waals surface area contributed by atoms with Gasteiger partial charge in [-0.3, -0.25) is 9.59 Å². The number of carboxylic acids is 1. The van der Waals surface area contributed by atoms with Gasteiger partial charge >= 0.3 is 5.97 Å². The lowest BCUT2D eigenvalue weighted by molar-refractivity contribution is -0.136. The molecule has 1 rings (SSSR count). The Hall–Kier alpha value is -1.78. The summed E-state index contributed by atoms with van der Waals surface area (Å²) in [5, 5.41) is 11.0. The van der Waals surface area contributed by atoms with Crippen LogP contribution in [-0.4, -0.2) is 28.1 Å². The normalized spacial score (nSPS) is 10.4. The van der Waals surface area contributed by atoms with E-state index < -0.39 is 5.97 Å². The standard InChI is InChI=1S/C11H16N2O3/c1-8(2)13-7-3-4-9(13)11(16)12-6-5-10(14)15/h3-4,7-8H,5-6H2,1-2H3,(H,12,16)(H,14,15). The zero-order valence-corrected chi connectivity index (χ0v) is 9.43. The molecule has 16 heavy (non-hydrogen) atoms. The third-order valence-corrected chi connectivity index (χ3v) is 2.19. The number of aromatic nitrogens is 1. The van der Waals surface area contributed by atoms with Crippen molar-refractivity contribution in [1.82, 2.24) is 9.88 Å². The third-order valence-electron chi connectivity index (χ3n) is 2.19. The van der Waals surface area contributed by atoms with Crippen molar-refractivity contribution in [3.63, 3.8) is 0 Å². The average molecular weight is 224 g/mol. The molecule has 0 fully saturated rings. The van der Waals surface area contributed by atoms with Crippen LogP contribution in [0.5, 0.6) is 0 Å². The molecule has 0 saturated heterocycles. The minimum absolute atomic E-state index is 0.0614. The van der Waals surface area contributed by atoms with Gasteiger partial charge < -0.3 is 15.0 Å². The van der Waals surface area contributed by atoms with Crippen molar-refractivity contribution in [3.05, 3.63) is 24.0 Å². The van der Waals surface area contributed by atoms with Gasteiger partial charge in [0.25, 0.3) is 5.91 Å². The Morgan fingerprint density at radius 2 is 2.19 bits per heavy atom. The second-order valence-corrected chi connectivity index (χ2v) is 3.79. The summed E-state index contributed by atoms with van der Waals surface area (Å²) in [7, 11) is 0. The van der Waals surface area contributed by atoms with Crippen molar-refractivity contribution >= 4 is 11.9 Å². The number of nitrogens with zero attached hydrogens (tertiary/aromatic N) is 1. The molecule has 0 radical (unpaired) electrons. The predicted octanol–water partition coefficient (Wildman–Crippen LogP) is 1.27. The lowest BCUT2D eigenvalue weighted by Crippen LogP contribution is -2.28. The van der Waals surface area contributed by atoms with Gasteiger partial charge in [-0.1, -0.05) is 0 Å². The highest BCUT2D eigenvalue weighted by molar-refractivity contribution is 5.92. The molecule has 0 saturated carbocycles. The first-order valence-corrected chi connectivity index (χ1v) is 5.19. The summed E-state index contributed by atoms with van der Waals surface area (Å²) in [6, 6.07) is 3.72. The fourth-order valence-electron chi connectivity index (χ4n) is 1.41. The number of amides is 1. The molecule has 1 heterocycles. The zero-order chi connectivity index (χ0) is 12.1. The molecule has 1 aromatic rings. The first-order chi connectivity index (χ1) is 7.52. The smallest absolute Gasteiger partial charge is 0.305 e. The zero-order valence-electron chi connectivity index (χ0n) is 9.43. The second-order valence-electron chi connectivity index (χ2n) is 3.79. The molecule has 88 valence electrons. The number of hydrogen-bond acceptors (Lipinski definition) is 2. The number of nitrogens with one attached hydrogen (secondary N) is 1. The van der Waals surface area contributed by atoms with E-state index in [1.165, 1.54) is 0 Å². The van der Waals surface area contributed by atoms with Crippen LogP contribution in [0.3, 0.4) is 0 Å². The Bertz CT molecular complexity index is 382. The lowest BCUT2D eigenvalue weighted by Gasteiger charge is -2.12. The largest absolute Gasteiger partial charge is 0.481 e. The summed E-state index contributed by atoms with van der Waals surface area (Å²) < 4.78 is 1.84. The molecule has 0 aromatic carbocycles. The second kappa shape index (κ2) is 5.34. The highest BCUT2D eigenvalue weighted by atomic mass is 16.4. The molecule has 0 aliphatic heterocycles. The van der Waals surface area contributed by atoms with E-state index in [0.29, 0.717) is 5.69 Å². The van der Waals surface area contributed by atoms with Crippen LogP contribution in [0.4, 0.5) is 0 Å². The number of carbonyl (C=O) groups is 2. The van der Waals surface area contributed by atoms with Crippen LogP contribution >= 0.6 is 0 Å². The fourth-order valence-corrected chi connectivity index (χ4v) is 1.41. The van der Waals surface area contributed by atoms with Crippen LogP contribution in [0.25, 0.3) is 0 Å². The summed E-state index contributed by atoms with van der Waals surface area (Å²) in [5.41, 5.74) is 0.556. The van der Waals surface area contributed by atoms with Gasteiger partial charge in [0, 0.05) is 18.8 Å². The number of rotatable bonds is 5. The topological polar surface area (TPSA) is 71.3 Å². The maximum Gasteiger partial charge on any atom is 0.305 e.